The van der Waals surface area contributed by atoms with E-state index in [-0.39, 0.29) is 0 Å². The number of ether oxygens (including phenoxy) is 1. The molecule has 0 N–H and O–H groups in total. The monoisotopic (exact) mass is 494 g/mol. The summed E-state index contributed by atoms with van der Waals surface area (Å²) in [6.45, 7) is 0. The number of carbonyl (C=O) groups excluding carboxylic acids is 2. The van der Waals surface area contributed by atoms with Crippen LogP contribution in [0.4, 0.5) is 0 Å². The predicted molar refractivity (Wildman–Crippen MR) is 86.0 cm³/mol. The van der Waals surface area contributed by atoms with Crippen LogP contribution in [0.3, 0.4) is 0 Å². The third-order valence-corrected chi connectivity index (χ3v) is 10.9. The summed E-state index contributed by atoms with van der Waals surface area (Å²) in [5, 5.41) is 0. The highest BCUT2D eigenvalue weighted by Crippen LogP contribution is 2.77. The molecule has 1 aliphatic carbocycles. The van der Waals surface area contributed by atoms with E-state index in [2.05, 4.69) is 4.74 Å². The van der Waals surface area contributed by atoms with Gasteiger partial charge in [-0.05, 0) is 0 Å². The predicted octanol–water partition coefficient (Wildman–Crippen LogP) is 4.73. The van der Waals surface area contributed by atoms with Gasteiger partial charge in [-0.1, -0.05) is 92.8 Å². The van der Waals surface area contributed by atoms with Gasteiger partial charge in [-0.2, -0.15) is 0 Å². The fraction of sp³-hybridized carbons (Fsp3) is 0.750. The maximum absolute atomic E-state index is 12.0. The van der Waals surface area contributed by atoms with Gasteiger partial charge in [-0.25, -0.2) is 9.59 Å². The van der Waals surface area contributed by atoms with Crippen molar-refractivity contribution in [2.75, 3.05) is 0 Å². The molecule has 2 rings (SSSR count). The van der Waals surface area contributed by atoms with Gasteiger partial charge in [0.15, 0.2) is 17.3 Å². The normalized spacial score (nSPS) is 42.4. The Labute approximate surface area is 168 Å². The van der Waals surface area contributed by atoms with Crippen molar-refractivity contribution in [1.29, 1.82) is 0 Å². The fourth-order valence-corrected chi connectivity index (χ4v) is 6.17. The topological polar surface area (TPSA) is 43.4 Å². The molecule has 0 aromatic heterocycles. The SMILES string of the molecule is O=C1OC(=O)C2(Cl)C(Cl)(Cl)C(Cl)(Cl)C(Cl)(Cl)C(Cl)(Cl)C12Cl. The number of rotatable bonds is 0. The minimum atomic E-state index is -2.76. The third kappa shape index (κ3) is 1.71. The van der Waals surface area contributed by atoms with Crippen LogP contribution in [0.5, 0.6) is 0 Å². The Kier molecular flexibility index (Phi) is 4.44. The Balaban J connectivity index is 2.96. The number of fused-ring (bicyclic) bond motifs is 1. The van der Waals surface area contributed by atoms with Gasteiger partial charge in [0.2, 0.25) is 9.75 Å². The number of hydrogen-bond donors (Lipinski definition) is 0. The smallest absolute Gasteiger partial charge is 0.340 e. The summed E-state index contributed by atoms with van der Waals surface area (Å²) in [7, 11) is 0. The average Bonchev–Trinajstić information content (AvgIpc) is 2.50. The zero-order chi connectivity index (χ0) is 16.9. The van der Waals surface area contributed by atoms with Gasteiger partial charge in [0.05, 0.1) is 0 Å². The lowest BCUT2D eigenvalue weighted by Crippen LogP contribution is -2.82. The second kappa shape index (κ2) is 4.81. The van der Waals surface area contributed by atoms with Crippen molar-refractivity contribution >= 4 is 128 Å². The number of halogens is 10. The van der Waals surface area contributed by atoms with E-state index < -0.39 is 39.0 Å². The van der Waals surface area contributed by atoms with E-state index in [1.165, 1.54) is 0 Å². The largest absolute Gasteiger partial charge is 0.390 e. The van der Waals surface area contributed by atoms with Gasteiger partial charge in [0, 0.05) is 0 Å². The molecule has 0 radical (unpaired) electrons. The van der Waals surface area contributed by atoms with Gasteiger partial charge in [-0.15, -0.1) is 23.2 Å². The lowest BCUT2D eigenvalue weighted by molar-refractivity contribution is -0.153. The Morgan fingerprint density at radius 1 is 0.524 bits per heavy atom. The van der Waals surface area contributed by atoms with E-state index in [4.69, 9.17) is 116 Å². The minimum absolute atomic E-state index is 1.45. The lowest BCUT2D eigenvalue weighted by Gasteiger charge is -2.59. The Morgan fingerprint density at radius 2 is 0.762 bits per heavy atom. The van der Waals surface area contributed by atoms with E-state index in [0.29, 0.717) is 0 Å². The molecule has 0 aromatic carbocycles. The van der Waals surface area contributed by atoms with Crippen molar-refractivity contribution < 1.29 is 14.3 Å². The molecule has 13 heteroatoms. The average molecular weight is 499 g/mol. The second-order valence-corrected chi connectivity index (χ2v) is 10.7. The van der Waals surface area contributed by atoms with E-state index >= 15 is 0 Å². The molecule has 2 aliphatic rings. The van der Waals surface area contributed by atoms with Crippen LogP contribution in [0, 0.1) is 0 Å². The molecule has 120 valence electrons. The number of carbonyl (C=O) groups is 2. The van der Waals surface area contributed by atoms with Crippen LogP contribution in [0.2, 0.25) is 0 Å². The fourth-order valence-electron chi connectivity index (χ4n) is 2.02. The molecule has 2 fully saturated rings. The van der Waals surface area contributed by atoms with Crippen LogP contribution >= 0.6 is 116 Å². The highest BCUT2D eigenvalue weighted by molar-refractivity contribution is 6.80. The molecule has 1 saturated heterocycles. The van der Waals surface area contributed by atoms with Gasteiger partial charge in [-0.3, -0.25) is 0 Å². The first kappa shape index (κ1) is 19.4. The first-order chi connectivity index (χ1) is 9.05. The van der Waals surface area contributed by atoms with Crippen molar-refractivity contribution in [3.63, 3.8) is 0 Å². The summed E-state index contributed by atoms with van der Waals surface area (Å²) in [5.41, 5.74) is 0. The third-order valence-electron chi connectivity index (χ3n) is 3.27. The first-order valence-corrected chi connectivity index (χ1v) is 8.49. The van der Waals surface area contributed by atoms with E-state index in [1.54, 1.807) is 0 Å². The van der Waals surface area contributed by atoms with Crippen molar-refractivity contribution in [2.45, 2.75) is 27.1 Å². The van der Waals surface area contributed by atoms with Crippen LogP contribution in [-0.2, 0) is 14.3 Å². The molecule has 1 heterocycles. The van der Waals surface area contributed by atoms with Crippen molar-refractivity contribution in [3.8, 4) is 0 Å². The maximum atomic E-state index is 12.0. The minimum Gasteiger partial charge on any atom is -0.390 e. The highest BCUT2D eigenvalue weighted by atomic mass is 35.6. The highest BCUT2D eigenvalue weighted by Gasteiger charge is 2.95. The maximum Gasteiger partial charge on any atom is 0.340 e. The molecular formula is C8Cl10O3. The van der Waals surface area contributed by atoms with E-state index in [0.717, 1.165) is 0 Å². The Hall–Kier alpha value is 2.04. The second-order valence-electron chi connectivity index (χ2n) is 4.29. The molecule has 2 atom stereocenters. The number of cyclic esters (lactones) is 2. The summed E-state index contributed by atoms with van der Waals surface area (Å²) in [5.74, 6) is -2.90. The quantitative estimate of drug-likeness (QED) is 0.275. The Morgan fingerprint density at radius 3 is 1.00 bits per heavy atom. The van der Waals surface area contributed by atoms with Crippen LogP contribution in [0.1, 0.15) is 0 Å². The van der Waals surface area contributed by atoms with Crippen LogP contribution in [-0.4, -0.2) is 39.0 Å². The molecule has 1 aliphatic heterocycles. The van der Waals surface area contributed by atoms with E-state index in [9.17, 15) is 9.59 Å². The van der Waals surface area contributed by atoms with Crippen molar-refractivity contribution in [1.82, 2.24) is 0 Å². The van der Waals surface area contributed by atoms with Crippen LogP contribution in [0.15, 0.2) is 0 Å². The lowest BCUT2D eigenvalue weighted by atomic mass is 9.76. The van der Waals surface area contributed by atoms with Crippen LogP contribution < -0.4 is 0 Å². The van der Waals surface area contributed by atoms with Gasteiger partial charge in [0.25, 0.3) is 0 Å². The summed E-state index contributed by atoms with van der Waals surface area (Å²) >= 11 is 60.2. The summed E-state index contributed by atoms with van der Waals surface area (Å²) in [4.78, 5) is 18.5. The molecule has 21 heavy (non-hydrogen) atoms. The molecule has 3 nitrogen and oxygen atoms in total. The van der Waals surface area contributed by atoms with Crippen LogP contribution in [0.25, 0.3) is 0 Å². The standard InChI is InChI=1S/C8Cl10O3/c9-3-1(19)21-2(20)4(3,10)6(13,14)8(17,18)7(15,16)5(3,11)12. The number of hydrogen-bond acceptors (Lipinski definition) is 3. The van der Waals surface area contributed by atoms with Crippen molar-refractivity contribution in [3.05, 3.63) is 0 Å². The number of alkyl halides is 10. The summed E-state index contributed by atoms with van der Waals surface area (Å²) < 4.78 is -6.30. The van der Waals surface area contributed by atoms with Gasteiger partial charge in [0.1, 0.15) is 0 Å². The molecule has 0 spiro atoms. The van der Waals surface area contributed by atoms with Gasteiger partial charge < -0.3 is 4.74 Å². The summed E-state index contributed by atoms with van der Waals surface area (Å²) in [6, 6.07) is 0. The molecule has 0 bridgehead atoms. The van der Waals surface area contributed by atoms with E-state index in [1.807, 2.05) is 0 Å². The molecular weight excluding hydrogens is 499 g/mol. The zero-order valence-corrected chi connectivity index (χ0v) is 16.6. The Bertz CT molecular complexity index is 509. The molecule has 0 amide bonds. The first-order valence-electron chi connectivity index (χ1n) is 4.71. The zero-order valence-electron chi connectivity index (χ0n) is 9.00. The van der Waals surface area contributed by atoms with Gasteiger partial charge >= 0.3 is 11.9 Å². The molecule has 2 unspecified atom stereocenters. The number of esters is 2. The summed E-state index contributed by atoms with van der Waals surface area (Å²) in [6.07, 6.45) is 0. The van der Waals surface area contributed by atoms with Crippen molar-refractivity contribution in [2.24, 2.45) is 0 Å². The molecule has 0 aromatic rings. The molecule has 1 saturated carbocycles.